The van der Waals surface area contributed by atoms with E-state index >= 15 is 0 Å². The summed E-state index contributed by atoms with van der Waals surface area (Å²) in [5.41, 5.74) is 1.72. The van der Waals surface area contributed by atoms with E-state index in [-0.39, 0.29) is 6.10 Å². The molecule has 1 N–H and O–H groups in total. The van der Waals surface area contributed by atoms with E-state index < -0.39 is 5.54 Å². The average Bonchev–Trinajstić information content (AvgIpc) is 2.42. The lowest BCUT2D eigenvalue weighted by Crippen LogP contribution is -2.47. The molecule has 0 aromatic heterocycles. The fraction of sp³-hybridized carbons (Fsp3) is 0.562. The van der Waals surface area contributed by atoms with Gasteiger partial charge in [-0.1, -0.05) is 32.0 Å². The lowest BCUT2D eigenvalue weighted by molar-refractivity contribution is -0.0272. The summed E-state index contributed by atoms with van der Waals surface area (Å²) in [6.07, 6.45) is 1.64. The second-order valence-electron chi connectivity index (χ2n) is 5.74. The predicted octanol–water partition coefficient (Wildman–Crippen LogP) is 3.50. The molecule has 0 radical (unpaired) electrons. The highest BCUT2D eigenvalue weighted by atomic mass is 16.5. The lowest BCUT2D eigenvalue weighted by atomic mass is 9.84. The highest BCUT2D eigenvalue weighted by molar-refractivity contribution is 5.53. The Morgan fingerprint density at radius 3 is 2.79 bits per heavy atom. The number of rotatable bonds is 3. The van der Waals surface area contributed by atoms with Crippen LogP contribution < -0.4 is 5.32 Å². The van der Waals surface area contributed by atoms with Gasteiger partial charge in [0.2, 0.25) is 0 Å². The van der Waals surface area contributed by atoms with Crippen molar-refractivity contribution in [1.82, 2.24) is 0 Å². The zero-order chi connectivity index (χ0) is 13.9. The van der Waals surface area contributed by atoms with Gasteiger partial charge < -0.3 is 10.1 Å². The van der Waals surface area contributed by atoms with Crippen molar-refractivity contribution in [3.8, 4) is 6.07 Å². The van der Waals surface area contributed by atoms with Gasteiger partial charge in [0, 0.05) is 18.5 Å². The van der Waals surface area contributed by atoms with E-state index in [1.165, 1.54) is 5.56 Å². The predicted molar refractivity (Wildman–Crippen MR) is 77.0 cm³/mol. The van der Waals surface area contributed by atoms with Gasteiger partial charge in [0.25, 0.3) is 0 Å². The molecule has 1 aromatic carbocycles. The summed E-state index contributed by atoms with van der Waals surface area (Å²) < 4.78 is 5.77. The van der Waals surface area contributed by atoms with Crippen LogP contribution in [0.4, 0.5) is 5.69 Å². The Morgan fingerprint density at radius 2 is 2.16 bits per heavy atom. The molecule has 1 aromatic rings. The molecule has 0 aliphatic carbocycles. The third kappa shape index (κ3) is 3.08. The third-order valence-electron chi connectivity index (χ3n) is 3.89. The molecule has 0 amide bonds. The summed E-state index contributed by atoms with van der Waals surface area (Å²) in [5, 5.41) is 13.1. The van der Waals surface area contributed by atoms with Crippen molar-refractivity contribution < 1.29 is 4.74 Å². The first-order chi connectivity index (χ1) is 9.06. The number of para-hydroxylation sites is 1. The molecule has 1 aliphatic rings. The second-order valence-corrected chi connectivity index (χ2v) is 5.74. The van der Waals surface area contributed by atoms with Gasteiger partial charge in [-0.25, -0.2) is 0 Å². The minimum atomic E-state index is -0.501. The SMILES string of the molecule is Cc1ccccc1NC1(C#N)CCOC(C(C)C)C1. The van der Waals surface area contributed by atoms with Crippen LogP contribution in [-0.4, -0.2) is 18.2 Å². The van der Waals surface area contributed by atoms with E-state index in [0.717, 1.165) is 18.5 Å². The van der Waals surface area contributed by atoms with Gasteiger partial charge in [-0.2, -0.15) is 5.26 Å². The van der Waals surface area contributed by atoms with Crippen LogP contribution in [0.25, 0.3) is 0 Å². The summed E-state index contributed by atoms with van der Waals surface area (Å²) in [4.78, 5) is 0. The Kier molecular flexibility index (Phi) is 4.11. The maximum absolute atomic E-state index is 9.63. The van der Waals surface area contributed by atoms with Crippen molar-refractivity contribution in [3.05, 3.63) is 29.8 Å². The fourth-order valence-corrected chi connectivity index (χ4v) is 2.53. The summed E-state index contributed by atoms with van der Waals surface area (Å²) in [6.45, 7) is 7.00. The van der Waals surface area contributed by atoms with E-state index in [0.29, 0.717) is 12.5 Å². The number of nitriles is 1. The standard InChI is InChI=1S/C16H22N2O/c1-12(2)15-10-16(11-17,8-9-19-15)18-14-7-5-4-6-13(14)3/h4-7,12,15,18H,8-10H2,1-3H3. The van der Waals surface area contributed by atoms with Crippen molar-refractivity contribution in [2.45, 2.75) is 45.3 Å². The van der Waals surface area contributed by atoms with Gasteiger partial charge >= 0.3 is 0 Å². The first-order valence-electron chi connectivity index (χ1n) is 6.93. The first-order valence-corrected chi connectivity index (χ1v) is 6.93. The monoisotopic (exact) mass is 258 g/mol. The van der Waals surface area contributed by atoms with E-state index in [9.17, 15) is 5.26 Å². The number of hydrogen-bond acceptors (Lipinski definition) is 3. The van der Waals surface area contributed by atoms with Crippen LogP contribution in [0.1, 0.15) is 32.3 Å². The Hall–Kier alpha value is -1.53. The number of ether oxygens (including phenoxy) is 1. The van der Waals surface area contributed by atoms with E-state index in [2.05, 4.69) is 38.2 Å². The van der Waals surface area contributed by atoms with Gasteiger partial charge in [-0.05, 0) is 24.5 Å². The van der Waals surface area contributed by atoms with Crippen molar-refractivity contribution >= 4 is 5.69 Å². The molecule has 3 nitrogen and oxygen atoms in total. The minimum absolute atomic E-state index is 0.157. The maximum atomic E-state index is 9.63. The lowest BCUT2D eigenvalue weighted by Gasteiger charge is -2.39. The number of anilines is 1. The van der Waals surface area contributed by atoms with Crippen molar-refractivity contribution in [3.63, 3.8) is 0 Å². The second kappa shape index (κ2) is 5.63. The molecule has 1 heterocycles. The van der Waals surface area contributed by atoms with Crippen LogP contribution in [-0.2, 0) is 4.74 Å². The van der Waals surface area contributed by atoms with Crippen LogP contribution in [0, 0.1) is 24.2 Å². The Labute approximate surface area is 115 Å². The van der Waals surface area contributed by atoms with Gasteiger partial charge in [-0.15, -0.1) is 0 Å². The molecule has 1 aliphatic heterocycles. The van der Waals surface area contributed by atoms with Gasteiger partial charge in [0.05, 0.1) is 18.8 Å². The number of benzene rings is 1. The molecule has 2 atom stereocenters. The number of nitrogens with zero attached hydrogens (tertiary/aromatic N) is 1. The normalized spacial score (nSPS) is 27.0. The molecule has 1 saturated heterocycles. The quantitative estimate of drug-likeness (QED) is 0.902. The molecular weight excluding hydrogens is 236 g/mol. The molecule has 102 valence electrons. The number of nitrogens with one attached hydrogen (secondary N) is 1. The topological polar surface area (TPSA) is 45.0 Å². The first kappa shape index (κ1) is 13.9. The van der Waals surface area contributed by atoms with Crippen LogP contribution in [0.5, 0.6) is 0 Å². The minimum Gasteiger partial charge on any atom is -0.378 e. The number of hydrogen-bond donors (Lipinski definition) is 1. The third-order valence-corrected chi connectivity index (χ3v) is 3.89. The highest BCUT2D eigenvalue weighted by Crippen LogP contribution is 2.32. The molecule has 2 unspecified atom stereocenters. The summed E-state index contributed by atoms with van der Waals surface area (Å²) in [6, 6.07) is 10.6. The Balaban J connectivity index is 2.19. The molecule has 0 saturated carbocycles. The summed E-state index contributed by atoms with van der Waals surface area (Å²) in [7, 11) is 0. The highest BCUT2D eigenvalue weighted by Gasteiger charge is 2.38. The fourth-order valence-electron chi connectivity index (χ4n) is 2.53. The average molecular weight is 258 g/mol. The van der Waals surface area contributed by atoms with Crippen molar-refractivity contribution in [2.24, 2.45) is 5.92 Å². The van der Waals surface area contributed by atoms with Gasteiger partial charge in [-0.3, -0.25) is 0 Å². The van der Waals surface area contributed by atoms with Gasteiger partial charge in [0.1, 0.15) is 5.54 Å². The van der Waals surface area contributed by atoms with Crippen LogP contribution in [0.2, 0.25) is 0 Å². The summed E-state index contributed by atoms with van der Waals surface area (Å²) in [5.74, 6) is 0.437. The summed E-state index contributed by atoms with van der Waals surface area (Å²) >= 11 is 0. The van der Waals surface area contributed by atoms with Crippen molar-refractivity contribution in [1.29, 1.82) is 5.26 Å². The number of aryl methyl sites for hydroxylation is 1. The largest absolute Gasteiger partial charge is 0.378 e. The van der Waals surface area contributed by atoms with Crippen LogP contribution in [0.15, 0.2) is 24.3 Å². The maximum Gasteiger partial charge on any atom is 0.130 e. The smallest absolute Gasteiger partial charge is 0.130 e. The molecule has 19 heavy (non-hydrogen) atoms. The molecule has 2 rings (SSSR count). The van der Waals surface area contributed by atoms with Crippen LogP contribution in [0.3, 0.4) is 0 Å². The van der Waals surface area contributed by atoms with Gasteiger partial charge in [0.15, 0.2) is 0 Å². The van der Waals surface area contributed by atoms with E-state index in [1.54, 1.807) is 0 Å². The van der Waals surface area contributed by atoms with E-state index in [4.69, 9.17) is 4.74 Å². The zero-order valence-corrected chi connectivity index (χ0v) is 11.9. The molecule has 0 spiro atoms. The zero-order valence-electron chi connectivity index (χ0n) is 11.9. The molecule has 0 bridgehead atoms. The van der Waals surface area contributed by atoms with Crippen LogP contribution >= 0.6 is 0 Å². The van der Waals surface area contributed by atoms with E-state index in [1.807, 2.05) is 18.2 Å². The molecular formula is C16H22N2O. The molecule has 3 heteroatoms. The van der Waals surface area contributed by atoms with Crippen molar-refractivity contribution in [2.75, 3.05) is 11.9 Å². The molecule has 1 fully saturated rings. The Morgan fingerprint density at radius 1 is 1.42 bits per heavy atom. The Bertz CT molecular complexity index is 478.